The maximum Gasteiger partial charge on any atom is 0.105 e. The first kappa shape index (κ1) is 17.5. The molecule has 0 spiro atoms. The SMILES string of the molecule is Cc1nccn1CCCCN1CCCN(c2ccccc2C#N)CC1. The number of unbranched alkanes of at least 4 members (excludes halogenated alkanes) is 1. The second-order valence-electron chi connectivity index (χ2n) is 6.69. The fourth-order valence-corrected chi connectivity index (χ4v) is 3.54. The van der Waals surface area contributed by atoms with Crippen LogP contribution in [-0.4, -0.2) is 47.2 Å². The zero-order valence-corrected chi connectivity index (χ0v) is 15.1. The lowest BCUT2D eigenvalue weighted by atomic mass is 10.1. The van der Waals surface area contributed by atoms with Gasteiger partial charge in [0, 0.05) is 38.6 Å². The Morgan fingerprint density at radius 3 is 2.72 bits per heavy atom. The van der Waals surface area contributed by atoms with Gasteiger partial charge in [0.2, 0.25) is 0 Å². The molecule has 5 heteroatoms. The van der Waals surface area contributed by atoms with Crippen molar-refractivity contribution in [2.24, 2.45) is 0 Å². The summed E-state index contributed by atoms with van der Waals surface area (Å²) in [6.45, 7) is 8.52. The van der Waals surface area contributed by atoms with Crippen molar-refractivity contribution in [3.05, 3.63) is 48.0 Å². The molecule has 1 saturated heterocycles. The lowest BCUT2D eigenvalue weighted by Crippen LogP contribution is -2.31. The maximum absolute atomic E-state index is 9.32. The Morgan fingerprint density at radius 2 is 1.92 bits per heavy atom. The third-order valence-corrected chi connectivity index (χ3v) is 5.00. The Hall–Kier alpha value is -2.32. The molecule has 2 aromatic rings. The fraction of sp³-hybridized carbons (Fsp3) is 0.500. The van der Waals surface area contributed by atoms with E-state index in [1.54, 1.807) is 0 Å². The minimum Gasteiger partial charge on any atom is -0.369 e. The molecule has 5 nitrogen and oxygen atoms in total. The molecule has 1 aliphatic heterocycles. The van der Waals surface area contributed by atoms with E-state index in [0.717, 1.165) is 62.8 Å². The van der Waals surface area contributed by atoms with Crippen LogP contribution < -0.4 is 4.90 Å². The lowest BCUT2D eigenvalue weighted by molar-refractivity contribution is 0.284. The van der Waals surface area contributed by atoms with Gasteiger partial charge in [-0.25, -0.2) is 4.98 Å². The molecule has 1 aromatic carbocycles. The highest BCUT2D eigenvalue weighted by Crippen LogP contribution is 2.21. The summed E-state index contributed by atoms with van der Waals surface area (Å²) in [6, 6.07) is 10.3. The monoisotopic (exact) mass is 337 g/mol. The van der Waals surface area contributed by atoms with Crippen LogP contribution in [0.3, 0.4) is 0 Å². The van der Waals surface area contributed by atoms with E-state index in [1.165, 1.54) is 12.8 Å². The number of hydrogen-bond acceptors (Lipinski definition) is 4. The quantitative estimate of drug-likeness (QED) is 0.760. The molecule has 0 atom stereocenters. The second-order valence-corrected chi connectivity index (χ2v) is 6.69. The average Bonchev–Trinajstić information content (AvgIpc) is 2.91. The molecule has 0 unspecified atom stereocenters. The van der Waals surface area contributed by atoms with Crippen LogP contribution in [-0.2, 0) is 6.54 Å². The molecule has 25 heavy (non-hydrogen) atoms. The zero-order valence-electron chi connectivity index (χ0n) is 15.1. The van der Waals surface area contributed by atoms with Crippen LogP contribution >= 0.6 is 0 Å². The van der Waals surface area contributed by atoms with Crippen molar-refractivity contribution in [1.82, 2.24) is 14.5 Å². The van der Waals surface area contributed by atoms with Crippen LogP contribution in [0, 0.1) is 18.3 Å². The van der Waals surface area contributed by atoms with Crippen LogP contribution in [0.15, 0.2) is 36.7 Å². The Kier molecular flexibility index (Phi) is 6.08. The van der Waals surface area contributed by atoms with Gasteiger partial charge in [0.05, 0.1) is 11.3 Å². The molecule has 0 N–H and O–H groups in total. The third kappa shape index (κ3) is 4.61. The minimum absolute atomic E-state index is 0.784. The number of aryl methyl sites for hydroxylation is 2. The summed E-state index contributed by atoms with van der Waals surface area (Å²) in [4.78, 5) is 9.21. The van der Waals surface area contributed by atoms with Crippen LogP contribution in [0.1, 0.15) is 30.7 Å². The summed E-state index contributed by atoms with van der Waals surface area (Å²) in [5, 5.41) is 9.32. The standard InChI is InChI=1S/C20H27N5/c1-18-22-9-14-24(18)12-5-4-10-23-11-6-13-25(16-15-23)20-8-3-2-7-19(20)17-21/h2-3,7-9,14H,4-6,10-13,15-16H2,1H3. The van der Waals surface area contributed by atoms with Gasteiger partial charge in [-0.2, -0.15) is 5.26 Å². The molecular weight excluding hydrogens is 310 g/mol. The van der Waals surface area contributed by atoms with E-state index in [0.29, 0.717) is 0 Å². The third-order valence-electron chi connectivity index (χ3n) is 5.00. The van der Waals surface area contributed by atoms with E-state index in [4.69, 9.17) is 0 Å². The topological polar surface area (TPSA) is 48.1 Å². The van der Waals surface area contributed by atoms with Gasteiger partial charge < -0.3 is 14.4 Å². The molecule has 0 saturated carbocycles. The molecule has 0 radical (unpaired) electrons. The van der Waals surface area contributed by atoms with Crippen LogP contribution in [0.2, 0.25) is 0 Å². The maximum atomic E-state index is 9.32. The van der Waals surface area contributed by atoms with E-state index in [9.17, 15) is 5.26 Å². The summed E-state index contributed by atoms with van der Waals surface area (Å²) < 4.78 is 2.23. The molecule has 1 aromatic heterocycles. The summed E-state index contributed by atoms with van der Waals surface area (Å²) in [5.74, 6) is 1.10. The summed E-state index contributed by atoms with van der Waals surface area (Å²) in [6.07, 6.45) is 7.49. The first-order chi connectivity index (χ1) is 12.3. The molecule has 0 aliphatic carbocycles. The normalized spacial score (nSPS) is 15.8. The van der Waals surface area contributed by atoms with Crippen molar-refractivity contribution >= 4 is 5.69 Å². The van der Waals surface area contributed by atoms with E-state index in [-0.39, 0.29) is 0 Å². The molecule has 2 heterocycles. The Morgan fingerprint density at radius 1 is 1.08 bits per heavy atom. The number of imidazole rings is 1. The lowest BCUT2D eigenvalue weighted by Gasteiger charge is -2.24. The van der Waals surface area contributed by atoms with E-state index in [2.05, 4.69) is 44.6 Å². The van der Waals surface area contributed by atoms with Gasteiger partial charge in [-0.1, -0.05) is 12.1 Å². The summed E-state index contributed by atoms with van der Waals surface area (Å²) in [7, 11) is 0. The average molecular weight is 337 g/mol. The van der Waals surface area contributed by atoms with Crippen molar-refractivity contribution in [2.75, 3.05) is 37.6 Å². The number of rotatable bonds is 6. The molecular formula is C20H27N5. The highest BCUT2D eigenvalue weighted by atomic mass is 15.2. The van der Waals surface area contributed by atoms with Crippen molar-refractivity contribution in [3.63, 3.8) is 0 Å². The predicted molar refractivity (Wildman–Crippen MR) is 101 cm³/mol. The van der Waals surface area contributed by atoms with Gasteiger partial charge in [-0.3, -0.25) is 0 Å². The van der Waals surface area contributed by atoms with Gasteiger partial charge in [-0.05, 0) is 51.4 Å². The number of nitriles is 1. The van der Waals surface area contributed by atoms with Gasteiger partial charge in [0.1, 0.15) is 11.9 Å². The zero-order chi connectivity index (χ0) is 17.5. The Labute approximate surface area is 150 Å². The van der Waals surface area contributed by atoms with Gasteiger partial charge in [-0.15, -0.1) is 0 Å². The smallest absolute Gasteiger partial charge is 0.105 e. The van der Waals surface area contributed by atoms with Crippen LogP contribution in [0.25, 0.3) is 0 Å². The number of hydrogen-bond donors (Lipinski definition) is 0. The van der Waals surface area contributed by atoms with Gasteiger partial charge in [0.15, 0.2) is 0 Å². The minimum atomic E-state index is 0.784. The predicted octanol–water partition coefficient (Wildman–Crippen LogP) is 3.06. The van der Waals surface area contributed by atoms with Gasteiger partial charge >= 0.3 is 0 Å². The number of anilines is 1. The van der Waals surface area contributed by atoms with E-state index >= 15 is 0 Å². The fourth-order valence-electron chi connectivity index (χ4n) is 3.54. The Bertz CT molecular complexity index is 715. The largest absolute Gasteiger partial charge is 0.369 e. The Balaban J connectivity index is 1.45. The van der Waals surface area contributed by atoms with E-state index in [1.807, 2.05) is 24.4 Å². The first-order valence-corrected chi connectivity index (χ1v) is 9.22. The highest BCUT2D eigenvalue weighted by molar-refractivity contribution is 5.59. The molecule has 0 bridgehead atoms. The number of nitrogens with zero attached hydrogens (tertiary/aromatic N) is 5. The van der Waals surface area contributed by atoms with Gasteiger partial charge in [0.25, 0.3) is 0 Å². The first-order valence-electron chi connectivity index (χ1n) is 9.22. The highest BCUT2D eigenvalue weighted by Gasteiger charge is 2.16. The summed E-state index contributed by atoms with van der Waals surface area (Å²) in [5.41, 5.74) is 1.87. The van der Waals surface area contributed by atoms with Crippen molar-refractivity contribution < 1.29 is 0 Å². The molecule has 132 valence electrons. The van der Waals surface area contributed by atoms with Crippen LogP contribution in [0.5, 0.6) is 0 Å². The molecule has 1 aliphatic rings. The van der Waals surface area contributed by atoms with Crippen molar-refractivity contribution in [1.29, 1.82) is 5.26 Å². The van der Waals surface area contributed by atoms with Crippen molar-refractivity contribution in [3.8, 4) is 6.07 Å². The van der Waals surface area contributed by atoms with Crippen molar-refractivity contribution in [2.45, 2.75) is 32.7 Å². The molecule has 3 rings (SSSR count). The molecule has 1 fully saturated rings. The molecule has 0 amide bonds. The summed E-state index contributed by atoms with van der Waals surface area (Å²) >= 11 is 0. The van der Waals surface area contributed by atoms with E-state index < -0.39 is 0 Å². The number of benzene rings is 1. The second kappa shape index (κ2) is 8.68. The number of aromatic nitrogens is 2. The van der Waals surface area contributed by atoms with Crippen LogP contribution in [0.4, 0.5) is 5.69 Å². The number of para-hydroxylation sites is 1.